The number of rotatable bonds is 5. The van der Waals surface area contributed by atoms with Crippen molar-refractivity contribution >= 4 is 61.9 Å². The molecular formula is C22H18BrN3O3S. The van der Waals surface area contributed by atoms with Gasteiger partial charge in [-0.05, 0) is 52.3 Å². The van der Waals surface area contributed by atoms with Crippen LogP contribution in [0.3, 0.4) is 0 Å². The summed E-state index contributed by atoms with van der Waals surface area (Å²) in [6.45, 7) is -0.120. The molecule has 4 rings (SSSR count). The van der Waals surface area contributed by atoms with Crippen LogP contribution in [0, 0.1) is 0 Å². The van der Waals surface area contributed by atoms with Crippen LogP contribution in [0.25, 0.3) is 0 Å². The fraction of sp³-hybridized carbons (Fsp3) is 0.136. The number of carbonyl (C=O) groups is 2. The van der Waals surface area contributed by atoms with Gasteiger partial charge in [-0.15, -0.1) is 11.3 Å². The van der Waals surface area contributed by atoms with E-state index in [1.165, 1.54) is 16.2 Å². The number of para-hydroxylation sites is 4. The molecule has 0 unspecified atom stereocenters. The lowest BCUT2D eigenvalue weighted by Gasteiger charge is -2.22. The molecule has 8 heteroatoms. The molecule has 2 amide bonds. The summed E-state index contributed by atoms with van der Waals surface area (Å²) in [7, 11) is 1.54. The number of hydrogen-bond donors (Lipinski definition) is 1. The van der Waals surface area contributed by atoms with Crippen molar-refractivity contribution in [1.82, 2.24) is 0 Å². The van der Waals surface area contributed by atoms with Gasteiger partial charge in [0.1, 0.15) is 12.3 Å². The van der Waals surface area contributed by atoms with Crippen LogP contribution in [0.5, 0.6) is 5.75 Å². The molecule has 0 bridgehead atoms. The van der Waals surface area contributed by atoms with Gasteiger partial charge in [0.15, 0.2) is 0 Å². The standard InChI is InChI=1S/C22H18BrN3O3S/c1-29-18-9-5-3-7-15(18)25-21(27)13-26-17-8-4-2-6-14(17)24-16(12-22(26)28)19-10-11-20(23)30-19/h2-11H,12-13H2,1H3,(H,25,27). The fourth-order valence-corrected chi connectivity index (χ4v) is 4.58. The van der Waals surface area contributed by atoms with Gasteiger partial charge in [-0.3, -0.25) is 9.59 Å². The van der Waals surface area contributed by atoms with Crippen molar-refractivity contribution in [3.05, 3.63) is 69.3 Å². The lowest BCUT2D eigenvalue weighted by Crippen LogP contribution is -2.38. The average Bonchev–Trinajstić information content (AvgIpc) is 3.13. The molecule has 0 atom stereocenters. The van der Waals surface area contributed by atoms with Crippen LogP contribution >= 0.6 is 27.3 Å². The number of methoxy groups -OCH3 is 1. The predicted molar refractivity (Wildman–Crippen MR) is 123 cm³/mol. The smallest absolute Gasteiger partial charge is 0.244 e. The second-order valence-electron chi connectivity index (χ2n) is 6.56. The molecule has 6 nitrogen and oxygen atoms in total. The Bertz CT molecular complexity index is 1140. The van der Waals surface area contributed by atoms with E-state index in [2.05, 4.69) is 21.2 Å². The molecule has 0 saturated carbocycles. The third kappa shape index (κ3) is 4.29. The van der Waals surface area contributed by atoms with Crippen molar-refractivity contribution in [2.24, 2.45) is 4.99 Å². The van der Waals surface area contributed by atoms with Crippen molar-refractivity contribution in [1.29, 1.82) is 0 Å². The Morgan fingerprint density at radius 1 is 1.17 bits per heavy atom. The molecule has 2 aromatic carbocycles. The molecule has 0 aliphatic carbocycles. The highest BCUT2D eigenvalue weighted by Gasteiger charge is 2.27. The zero-order chi connectivity index (χ0) is 21.1. The number of fused-ring (bicyclic) bond motifs is 1. The second-order valence-corrected chi connectivity index (χ2v) is 9.02. The summed E-state index contributed by atoms with van der Waals surface area (Å²) in [5, 5.41) is 2.83. The van der Waals surface area contributed by atoms with Crippen LogP contribution in [0.15, 0.2) is 69.4 Å². The maximum atomic E-state index is 13.1. The topological polar surface area (TPSA) is 71.0 Å². The molecule has 0 spiro atoms. The Balaban J connectivity index is 1.60. The van der Waals surface area contributed by atoms with E-state index in [1.807, 2.05) is 42.5 Å². The summed E-state index contributed by atoms with van der Waals surface area (Å²) in [6.07, 6.45) is 0.115. The molecular weight excluding hydrogens is 466 g/mol. The van der Waals surface area contributed by atoms with Gasteiger partial charge >= 0.3 is 0 Å². The fourth-order valence-electron chi connectivity index (χ4n) is 3.21. The molecule has 1 aliphatic rings. The van der Waals surface area contributed by atoms with E-state index >= 15 is 0 Å². The number of hydrogen-bond acceptors (Lipinski definition) is 5. The quantitative estimate of drug-likeness (QED) is 0.553. The summed E-state index contributed by atoms with van der Waals surface area (Å²) in [5.41, 5.74) is 2.52. The molecule has 30 heavy (non-hydrogen) atoms. The van der Waals surface area contributed by atoms with Crippen LogP contribution in [0.2, 0.25) is 0 Å². The second kappa shape index (κ2) is 8.81. The van der Waals surface area contributed by atoms with E-state index in [1.54, 1.807) is 25.3 Å². The van der Waals surface area contributed by atoms with Crippen LogP contribution < -0.4 is 15.0 Å². The van der Waals surface area contributed by atoms with Crippen LogP contribution in [0.1, 0.15) is 11.3 Å². The average molecular weight is 484 g/mol. The van der Waals surface area contributed by atoms with Gasteiger partial charge in [-0.25, -0.2) is 4.99 Å². The predicted octanol–water partition coefficient (Wildman–Crippen LogP) is 5.02. The van der Waals surface area contributed by atoms with Gasteiger partial charge in [0.2, 0.25) is 11.8 Å². The van der Waals surface area contributed by atoms with E-state index < -0.39 is 0 Å². The highest BCUT2D eigenvalue weighted by atomic mass is 79.9. The largest absolute Gasteiger partial charge is 0.495 e. The SMILES string of the molecule is COc1ccccc1NC(=O)CN1C(=O)CC(c2ccc(Br)s2)=Nc2ccccc21. The minimum absolute atomic E-state index is 0.115. The van der Waals surface area contributed by atoms with Gasteiger partial charge in [-0.1, -0.05) is 24.3 Å². The Labute approximate surface area is 186 Å². The number of halogens is 1. The van der Waals surface area contributed by atoms with Gasteiger partial charge < -0.3 is 15.0 Å². The molecule has 0 fully saturated rings. The highest BCUT2D eigenvalue weighted by Crippen LogP contribution is 2.34. The summed E-state index contributed by atoms with van der Waals surface area (Å²) < 4.78 is 6.25. The number of carbonyl (C=O) groups excluding carboxylic acids is 2. The summed E-state index contributed by atoms with van der Waals surface area (Å²) in [6, 6.07) is 18.4. The van der Waals surface area contributed by atoms with E-state index in [9.17, 15) is 9.59 Å². The lowest BCUT2D eigenvalue weighted by atomic mass is 10.2. The van der Waals surface area contributed by atoms with E-state index in [-0.39, 0.29) is 24.8 Å². The number of aliphatic imine (C=N–C) groups is 1. The van der Waals surface area contributed by atoms with E-state index in [0.29, 0.717) is 28.5 Å². The highest BCUT2D eigenvalue weighted by molar-refractivity contribution is 9.11. The maximum absolute atomic E-state index is 13.1. The molecule has 0 saturated heterocycles. The Morgan fingerprint density at radius 2 is 1.93 bits per heavy atom. The minimum Gasteiger partial charge on any atom is -0.495 e. The van der Waals surface area contributed by atoms with Crippen molar-refractivity contribution in [3.63, 3.8) is 0 Å². The molecule has 2 heterocycles. The Kier molecular flexibility index (Phi) is 5.96. The number of anilines is 2. The Hall–Kier alpha value is -2.97. The van der Waals surface area contributed by atoms with Crippen LogP contribution in [-0.4, -0.2) is 31.2 Å². The van der Waals surface area contributed by atoms with Crippen molar-refractivity contribution in [2.45, 2.75) is 6.42 Å². The number of ether oxygens (including phenoxy) is 1. The zero-order valence-corrected chi connectivity index (χ0v) is 18.5. The third-order valence-corrected chi connectivity index (χ3v) is 6.26. The number of nitrogens with one attached hydrogen (secondary N) is 1. The van der Waals surface area contributed by atoms with Crippen molar-refractivity contribution in [3.8, 4) is 5.75 Å². The van der Waals surface area contributed by atoms with Crippen molar-refractivity contribution < 1.29 is 14.3 Å². The van der Waals surface area contributed by atoms with E-state index in [0.717, 1.165) is 8.66 Å². The molecule has 1 aromatic heterocycles. The first-order valence-corrected chi connectivity index (χ1v) is 10.8. The van der Waals surface area contributed by atoms with Crippen LogP contribution in [0.4, 0.5) is 17.1 Å². The maximum Gasteiger partial charge on any atom is 0.244 e. The number of thiophene rings is 1. The minimum atomic E-state index is -0.315. The van der Waals surface area contributed by atoms with Crippen molar-refractivity contribution in [2.75, 3.05) is 23.9 Å². The molecule has 1 aliphatic heterocycles. The number of benzene rings is 2. The van der Waals surface area contributed by atoms with E-state index in [4.69, 9.17) is 9.73 Å². The molecule has 152 valence electrons. The van der Waals surface area contributed by atoms with Gasteiger partial charge in [0, 0.05) is 0 Å². The summed E-state index contributed by atoms with van der Waals surface area (Å²) >= 11 is 4.98. The van der Waals surface area contributed by atoms with Gasteiger partial charge in [0.05, 0.1) is 45.0 Å². The van der Waals surface area contributed by atoms with Gasteiger partial charge in [-0.2, -0.15) is 0 Å². The van der Waals surface area contributed by atoms with Crippen LogP contribution in [-0.2, 0) is 9.59 Å². The summed E-state index contributed by atoms with van der Waals surface area (Å²) in [4.78, 5) is 33.0. The normalized spacial score (nSPS) is 13.3. The lowest BCUT2D eigenvalue weighted by molar-refractivity contribution is -0.120. The zero-order valence-electron chi connectivity index (χ0n) is 16.1. The number of nitrogens with zero attached hydrogens (tertiary/aromatic N) is 2. The Morgan fingerprint density at radius 3 is 2.70 bits per heavy atom. The van der Waals surface area contributed by atoms with Gasteiger partial charge in [0.25, 0.3) is 0 Å². The first-order valence-electron chi connectivity index (χ1n) is 9.20. The third-order valence-electron chi connectivity index (χ3n) is 4.59. The first-order chi connectivity index (χ1) is 14.5. The number of amides is 2. The summed E-state index contributed by atoms with van der Waals surface area (Å²) in [5.74, 6) is 0.0608. The molecule has 1 N–H and O–H groups in total. The monoisotopic (exact) mass is 483 g/mol. The first kappa shape index (κ1) is 20.3. The molecule has 0 radical (unpaired) electrons. The molecule has 3 aromatic rings.